The number of methoxy groups -OCH3 is 1. The second-order valence-corrected chi connectivity index (χ2v) is 4.50. The van der Waals surface area contributed by atoms with Crippen LogP contribution in [0.5, 0.6) is 5.75 Å². The Labute approximate surface area is 113 Å². The Morgan fingerprint density at radius 1 is 1.32 bits per heavy atom. The van der Waals surface area contributed by atoms with Gasteiger partial charge in [0.1, 0.15) is 11.3 Å². The van der Waals surface area contributed by atoms with Crippen molar-refractivity contribution < 1.29 is 9.84 Å². The van der Waals surface area contributed by atoms with Crippen LogP contribution in [-0.4, -0.2) is 29.8 Å². The minimum Gasteiger partial charge on any atom is -0.494 e. The molecule has 1 aromatic carbocycles. The Bertz CT molecular complexity index is 539. The summed E-state index contributed by atoms with van der Waals surface area (Å²) in [5.74, 6) is 0.786. The van der Waals surface area contributed by atoms with E-state index >= 15 is 0 Å². The van der Waals surface area contributed by atoms with E-state index in [0.717, 1.165) is 28.8 Å². The molecule has 1 atom stereocenters. The second-order valence-electron chi connectivity index (χ2n) is 4.50. The van der Waals surface area contributed by atoms with Gasteiger partial charge in [-0.2, -0.15) is 0 Å². The van der Waals surface area contributed by atoms with Gasteiger partial charge in [-0.1, -0.05) is 25.1 Å². The molecule has 1 heterocycles. The van der Waals surface area contributed by atoms with E-state index in [1.807, 2.05) is 37.3 Å². The highest BCUT2D eigenvalue weighted by atomic mass is 16.5. The summed E-state index contributed by atoms with van der Waals surface area (Å²) >= 11 is 0. The Balaban J connectivity index is 2.21. The third-order valence-corrected chi connectivity index (χ3v) is 3.25. The van der Waals surface area contributed by atoms with E-state index in [1.54, 1.807) is 7.11 Å². The Kier molecular flexibility index (Phi) is 4.71. The zero-order valence-electron chi connectivity index (χ0n) is 11.4. The van der Waals surface area contributed by atoms with E-state index in [9.17, 15) is 0 Å². The van der Waals surface area contributed by atoms with Crippen LogP contribution in [0.1, 0.15) is 19.0 Å². The lowest BCUT2D eigenvalue weighted by atomic mass is 10.2. The van der Waals surface area contributed by atoms with Gasteiger partial charge in [-0.3, -0.25) is 0 Å². The van der Waals surface area contributed by atoms with Gasteiger partial charge in [-0.05, 0) is 18.6 Å². The smallest absolute Gasteiger partial charge is 0.145 e. The number of aliphatic hydroxyl groups excluding tert-OH is 1. The van der Waals surface area contributed by atoms with Gasteiger partial charge in [0.2, 0.25) is 0 Å². The molecule has 4 nitrogen and oxygen atoms in total. The van der Waals surface area contributed by atoms with Crippen molar-refractivity contribution in [2.24, 2.45) is 0 Å². The molecule has 0 amide bonds. The summed E-state index contributed by atoms with van der Waals surface area (Å²) in [5, 5.41) is 13.5. The quantitative estimate of drug-likeness (QED) is 0.835. The maximum atomic E-state index is 9.16. The summed E-state index contributed by atoms with van der Waals surface area (Å²) in [4.78, 5) is 4.62. The van der Waals surface area contributed by atoms with Crippen molar-refractivity contribution in [3.63, 3.8) is 0 Å². The monoisotopic (exact) mass is 260 g/mol. The molecule has 2 N–H and O–H groups in total. The van der Waals surface area contributed by atoms with Gasteiger partial charge in [0, 0.05) is 18.0 Å². The van der Waals surface area contributed by atoms with Crippen molar-refractivity contribution in [1.82, 2.24) is 10.3 Å². The normalized spacial score (nSPS) is 12.6. The number of hydrogen-bond donors (Lipinski definition) is 2. The molecule has 0 fully saturated rings. The average Bonchev–Trinajstić information content (AvgIpc) is 2.47. The number of fused-ring (bicyclic) bond motifs is 1. The molecule has 0 unspecified atom stereocenters. The lowest BCUT2D eigenvalue weighted by Gasteiger charge is -2.14. The zero-order chi connectivity index (χ0) is 13.7. The molecule has 102 valence electrons. The summed E-state index contributed by atoms with van der Waals surface area (Å²) in [7, 11) is 1.65. The number of ether oxygens (including phenoxy) is 1. The molecule has 0 aliphatic carbocycles. The number of nitrogens with zero attached hydrogens (tertiary/aromatic N) is 1. The third kappa shape index (κ3) is 3.22. The van der Waals surface area contributed by atoms with Gasteiger partial charge >= 0.3 is 0 Å². The third-order valence-electron chi connectivity index (χ3n) is 3.25. The molecule has 0 saturated heterocycles. The van der Waals surface area contributed by atoms with Crippen LogP contribution in [0.2, 0.25) is 0 Å². The molecule has 0 aliphatic heterocycles. The number of aliphatic hydroxyl groups is 1. The Hall–Kier alpha value is -1.65. The van der Waals surface area contributed by atoms with E-state index in [-0.39, 0.29) is 12.6 Å². The first kappa shape index (κ1) is 13.8. The van der Waals surface area contributed by atoms with E-state index in [0.29, 0.717) is 6.54 Å². The lowest BCUT2D eigenvalue weighted by molar-refractivity contribution is 0.238. The largest absolute Gasteiger partial charge is 0.494 e. The maximum Gasteiger partial charge on any atom is 0.145 e. The number of hydrogen-bond acceptors (Lipinski definition) is 4. The molecule has 0 spiro atoms. The number of pyridine rings is 1. The molecule has 19 heavy (non-hydrogen) atoms. The number of benzene rings is 1. The minimum atomic E-state index is 0.121. The van der Waals surface area contributed by atoms with E-state index in [4.69, 9.17) is 9.84 Å². The Morgan fingerprint density at radius 3 is 2.84 bits per heavy atom. The fraction of sp³-hybridized carbons (Fsp3) is 0.400. The minimum absolute atomic E-state index is 0.121. The Morgan fingerprint density at radius 2 is 2.16 bits per heavy atom. The number of para-hydroxylation sites is 1. The summed E-state index contributed by atoms with van der Waals surface area (Å²) in [5.41, 5.74) is 1.82. The molecule has 4 heteroatoms. The van der Waals surface area contributed by atoms with E-state index < -0.39 is 0 Å². The first-order valence-corrected chi connectivity index (χ1v) is 6.55. The van der Waals surface area contributed by atoms with Crippen LogP contribution in [0.3, 0.4) is 0 Å². The van der Waals surface area contributed by atoms with Crippen molar-refractivity contribution in [2.75, 3.05) is 13.7 Å². The fourth-order valence-corrected chi connectivity index (χ4v) is 2.01. The van der Waals surface area contributed by atoms with Crippen LogP contribution in [-0.2, 0) is 6.54 Å². The summed E-state index contributed by atoms with van der Waals surface area (Å²) in [6.07, 6.45) is 0.896. The van der Waals surface area contributed by atoms with Crippen LogP contribution < -0.4 is 10.1 Å². The van der Waals surface area contributed by atoms with E-state index in [2.05, 4.69) is 10.3 Å². The van der Waals surface area contributed by atoms with Crippen molar-refractivity contribution in [2.45, 2.75) is 25.9 Å². The van der Waals surface area contributed by atoms with Crippen LogP contribution >= 0.6 is 0 Å². The standard InChI is InChI=1S/C15H20N2O2/c1-3-12(10-18)16-9-13-8-7-11-5-4-6-14(19-2)15(11)17-13/h4-8,12,16,18H,3,9-10H2,1-2H3/t12-/m0/s1. The van der Waals surface area contributed by atoms with Gasteiger partial charge in [-0.25, -0.2) is 4.98 Å². The highest BCUT2D eigenvalue weighted by Crippen LogP contribution is 2.23. The molecule has 2 aromatic rings. The molecule has 0 saturated carbocycles. The zero-order valence-corrected chi connectivity index (χ0v) is 11.4. The number of rotatable bonds is 6. The van der Waals surface area contributed by atoms with Crippen LogP contribution in [0.15, 0.2) is 30.3 Å². The maximum absolute atomic E-state index is 9.16. The van der Waals surface area contributed by atoms with Crippen molar-refractivity contribution in [3.8, 4) is 5.75 Å². The van der Waals surface area contributed by atoms with Gasteiger partial charge in [0.15, 0.2) is 0 Å². The van der Waals surface area contributed by atoms with Gasteiger partial charge in [0.05, 0.1) is 19.4 Å². The van der Waals surface area contributed by atoms with Gasteiger partial charge in [-0.15, -0.1) is 0 Å². The summed E-state index contributed by atoms with van der Waals surface area (Å²) < 4.78 is 5.33. The molecule has 0 radical (unpaired) electrons. The highest BCUT2D eigenvalue weighted by molar-refractivity contribution is 5.84. The van der Waals surface area contributed by atoms with E-state index in [1.165, 1.54) is 0 Å². The number of nitrogens with one attached hydrogen (secondary N) is 1. The van der Waals surface area contributed by atoms with Gasteiger partial charge in [0.25, 0.3) is 0 Å². The topological polar surface area (TPSA) is 54.4 Å². The van der Waals surface area contributed by atoms with Gasteiger partial charge < -0.3 is 15.2 Å². The summed E-state index contributed by atoms with van der Waals surface area (Å²) in [6, 6.07) is 10.1. The molecule has 0 aliphatic rings. The fourth-order valence-electron chi connectivity index (χ4n) is 2.01. The van der Waals surface area contributed by atoms with Crippen molar-refractivity contribution in [3.05, 3.63) is 36.0 Å². The summed E-state index contributed by atoms with van der Waals surface area (Å²) in [6.45, 7) is 2.84. The first-order chi connectivity index (χ1) is 9.28. The average molecular weight is 260 g/mol. The molecular weight excluding hydrogens is 240 g/mol. The van der Waals surface area contributed by atoms with Crippen molar-refractivity contribution in [1.29, 1.82) is 0 Å². The molecule has 2 rings (SSSR count). The second kappa shape index (κ2) is 6.50. The number of aromatic nitrogens is 1. The van der Waals surface area contributed by atoms with Crippen LogP contribution in [0.4, 0.5) is 0 Å². The lowest BCUT2D eigenvalue weighted by Crippen LogP contribution is -2.31. The SMILES string of the molecule is CC[C@@H](CO)NCc1ccc2cccc(OC)c2n1. The van der Waals surface area contributed by atoms with Crippen LogP contribution in [0.25, 0.3) is 10.9 Å². The molecule has 1 aromatic heterocycles. The van der Waals surface area contributed by atoms with Crippen molar-refractivity contribution >= 4 is 10.9 Å². The molecular formula is C15H20N2O2. The molecule has 0 bridgehead atoms. The predicted molar refractivity (Wildman–Crippen MR) is 76.3 cm³/mol. The predicted octanol–water partition coefficient (Wildman–Crippen LogP) is 2.10. The first-order valence-electron chi connectivity index (χ1n) is 6.55. The van der Waals surface area contributed by atoms with Crippen LogP contribution in [0, 0.1) is 0 Å². The highest BCUT2D eigenvalue weighted by Gasteiger charge is 2.06.